The lowest BCUT2D eigenvalue weighted by molar-refractivity contribution is -0.121. The van der Waals surface area contributed by atoms with Crippen LogP contribution < -0.4 is 4.90 Å². The van der Waals surface area contributed by atoms with Crippen molar-refractivity contribution in [1.82, 2.24) is 0 Å². The largest absolute Gasteiger partial charge is 0.348 e. The first-order valence-electron chi connectivity index (χ1n) is 8.32. The Balaban J connectivity index is 2.51. The van der Waals surface area contributed by atoms with E-state index in [1.165, 1.54) is 0 Å². The molecule has 0 spiro atoms. The van der Waals surface area contributed by atoms with Crippen LogP contribution in [0.1, 0.15) is 38.8 Å². The van der Waals surface area contributed by atoms with Crippen molar-refractivity contribution >= 4 is 23.2 Å². The average molecular weight is 340 g/mol. The predicted octanol–water partition coefficient (Wildman–Crippen LogP) is 3.53. The molecule has 0 aromatic heterocycles. The fraction of sp³-hybridized carbons (Fsp3) is 0.611. The molecule has 0 aliphatic carbocycles. The van der Waals surface area contributed by atoms with Crippen LogP contribution in [0.15, 0.2) is 18.2 Å². The van der Waals surface area contributed by atoms with Gasteiger partial charge in [-0.15, -0.1) is 11.6 Å². The van der Waals surface area contributed by atoms with Crippen LogP contribution in [0.3, 0.4) is 0 Å². The number of ether oxygens (including phenoxy) is 2. The van der Waals surface area contributed by atoms with Gasteiger partial charge in [0.15, 0.2) is 6.29 Å². The van der Waals surface area contributed by atoms with Crippen molar-refractivity contribution in [2.75, 3.05) is 18.1 Å². The monoisotopic (exact) mass is 339 g/mol. The Hall–Kier alpha value is -1.10. The van der Waals surface area contributed by atoms with Gasteiger partial charge in [-0.25, -0.2) is 0 Å². The van der Waals surface area contributed by atoms with Gasteiger partial charge in [0.1, 0.15) is 5.38 Å². The van der Waals surface area contributed by atoms with E-state index in [0.29, 0.717) is 13.2 Å². The van der Waals surface area contributed by atoms with E-state index >= 15 is 0 Å². The fourth-order valence-corrected chi connectivity index (χ4v) is 3.11. The summed E-state index contributed by atoms with van der Waals surface area (Å²) in [6.07, 6.45) is 1.29. The first-order chi connectivity index (χ1) is 11.0. The molecular formula is C18H26ClNO3. The minimum atomic E-state index is -0.603. The summed E-state index contributed by atoms with van der Waals surface area (Å²) in [5, 5.41) is -0.603. The minimum Gasteiger partial charge on any atom is -0.348 e. The van der Waals surface area contributed by atoms with Crippen molar-refractivity contribution in [3.8, 4) is 0 Å². The Morgan fingerprint density at radius 3 is 2.17 bits per heavy atom. The summed E-state index contributed by atoms with van der Waals surface area (Å²) in [6.45, 7) is 8.98. The molecular weight excluding hydrogens is 314 g/mol. The summed E-state index contributed by atoms with van der Waals surface area (Å²) in [5.41, 5.74) is 3.24. The second-order valence-corrected chi connectivity index (χ2v) is 6.46. The van der Waals surface area contributed by atoms with Gasteiger partial charge in [0.05, 0.1) is 24.9 Å². The molecule has 0 radical (unpaired) electrons. The molecule has 1 aromatic rings. The Labute approximate surface area is 143 Å². The van der Waals surface area contributed by atoms with Gasteiger partial charge < -0.3 is 14.4 Å². The van der Waals surface area contributed by atoms with E-state index in [1.807, 2.05) is 13.0 Å². The SMILES string of the molecule is CCc1cccc(CC)c1N(C(=O)C(C)Cl)C(C)C1OCCO1. The van der Waals surface area contributed by atoms with E-state index < -0.39 is 11.7 Å². The quantitative estimate of drug-likeness (QED) is 0.744. The summed E-state index contributed by atoms with van der Waals surface area (Å²) >= 11 is 6.14. The number of rotatable bonds is 6. The topological polar surface area (TPSA) is 38.8 Å². The average Bonchev–Trinajstić information content (AvgIpc) is 3.09. The molecule has 0 N–H and O–H groups in total. The van der Waals surface area contributed by atoms with Crippen molar-refractivity contribution in [1.29, 1.82) is 0 Å². The molecule has 1 amide bonds. The van der Waals surface area contributed by atoms with E-state index in [1.54, 1.807) is 11.8 Å². The molecule has 1 heterocycles. The summed E-state index contributed by atoms with van der Waals surface area (Å²) < 4.78 is 11.3. The number of carbonyl (C=O) groups is 1. The van der Waals surface area contributed by atoms with Crippen LogP contribution in [0.4, 0.5) is 5.69 Å². The van der Waals surface area contributed by atoms with Gasteiger partial charge in [-0.3, -0.25) is 4.79 Å². The second kappa shape index (κ2) is 8.13. The Bertz CT molecular complexity index is 519. The van der Waals surface area contributed by atoms with Gasteiger partial charge in [0.25, 0.3) is 0 Å². The first kappa shape index (κ1) is 18.2. The van der Waals surface area contributed by atoms with Gasteiger partial charge in [-0.2, -0.15) is 0 Å². The highest BCUT2D eigenvalue weighted by Gasteiger charge is 2.35. The molecule has 0 saturated carbocycles. The van der Waals surface area contributed by atoms with Crippen LogP contribution in [-0.2, 0) is 27.1 Å². The molecule has 1 aliphatic rings. The van der Waals surface area contributed by atoms with Crippen LogP contribution in [-0.4, -0.2) is 36.8 Å². The maximum absolute atomic E-state index is 12.9. The Morgan fingerprint density at radius 2 is 1.74 bits per heavy atom. The fourth-order valence-electron chi connectivity index (χ4n) is 3.01. The van der Waals surface area contributed by atoms with Gasteiger partial charge in [0.2, 0.25) is 5.91 Å². The standard InChI is InChI=1S/C18H26ClNO3/c1-5-14-8-7-9-15(6-2)16(14)20(17(21)12(3)19)13(4)18-22-10-11-23-18/h7-9,12-13,18H,5-6,10-11H2,1-4H3. The highest BCUT2D eigenvalue weighted by atomic mass is 35.5. The molecule has 128 valence electrons. The molecule has 23 heavy (non-hydrogen) atoms. The highest BCUT2D eigenvalue weighted by molar-refractivity contribution is 6.32. The Morgan fingerprint density at radius 1 is 1.22 bits per heavy atom. The molecule has 5 heteroatoms. The van der Waals surface area contributed by atoms with E-state index in [4.69, 9.17) is 21.1 Å². The third-order valence-corrected chi connectivity index (χ3v) is 4.42. The predicted molar refractivity (Wildman–Crippen MR) is 93.2 cm³/mol. The third kappa shape index (κ3) is 3.87. The van der Waals surface area contributed by atoms with E-state index in [9.17, 15) is 4.79 Å². The van der Waals surface area contributed by atoms with Crippen molar-refractivity contribution in [2.24, 2.45) is 0 Å². The summed E-state index contributed by atoms with van der Waals surface area (Å²) in [7, 11) is 0. The maximum atomic E-state index is 12.9. The number of halogens is 1. The normalized spacial score (nSPS) is 18.0. The number of anilines is 1. The lowest BCUT2D eigenvalue weighted by atomic mass is 10.00. The van der Waals surface area contributed by atoms with Gasteiger partial charge in [-0.1, -0.05) is 32.0 Å². The molecule has 2 unspecified atom stereocenters. The van der Waals surface area contributed by atoms with Crippen LogP contribution in [0.2, 0.25) is 0 Å². The number of aryl methyl sites for hydroxylation is 2. The number of nitrogens with zero attached hydrogens (tertiary/aromatic N) is 1. The number of carbonyl (C=O) groups excluding carboxylic acids is 1. The number of hydrogen-bond donors (Lipinski definition) is 0. The number of benzene rings is 1. The summed E-state index contributed by atoms with van der Waals surface area (Å²) in [6, 6.07) is 5.94. The van der Waals surface area contributed by atoms with Crippen molar-refractivity contribution in [3.63, 3.8) is 0 Å². The molecule has 1 saturated heterocycles. The van der Waals surface area contributed by atoms with Crippen molar-refractivity contribution in [2.45, 2.75) is 58.2 Å². The van der Waals surface area contributed by atoms with Gasteiger partial charge in [-0.05, 0) is 37.8 Å². The zero-order valence-electron chi connectivity index (χ0n) is 14.3. The van der Waals surface area contributed by atoms with Crippen LogP contribution in [0, 0.1) is 0 Å². The number of hydrogen-bond acceptors (Lipinski definition) is 3. The van der Waals surface area contributed by atoms with E-state index in [-0.39, 0.29) is 11.9 Å². The van der Waals surface area contributed by atoms with Gasteiger partial charge >= 0.3 is 0 Å². The zero-order chi connectivity index (χ0) is 17.0. The third-order valence-electron chi connectivity index (χ3n) is 4.23. The van der Waals surface area contributed by atoms with E-state index in [2.05, 4.69) is 26.0 Å². The van der Waals surface area contributed by atoms with Gasteiger partial charge in [0, 0.05) is 0 Å². The molecule has 1 fully saturated rings. The highest BCUT2D eigenvalue weighted by Crippen LogP contribution is 2.31. The zero-order valence-corrected chi connectivity index (χ0v) is 15.1. The number of para-hydroxylation sites is 1. The van der Waals surface area contributed by atoms with Crippen molar-refractivity contribution in [3.05, 3.63) is 29.3 Å². The minimum absolute atomic E-state index is 0.117. The van der Waals surface area contributed by atoms with Crippen LogP contribution >= 0.6 is 11.6 Å². The lowest BCUT2D eigenvalue weighted by Gasteiger charge is -2.35. The molecule has 1 aliphatic heterocycles. The van der Waals surface area contributed by atoms with Crippen LogP contribution in [0.5, 0.6) is 0 Å². The van der Waals surface area contributed by atoms with Crippen LogP contribution in [0.25, 0.3) is 0 Å². The number of amides is 1. The summed E-state index contributed by atoms with van der Waals surface area (Å²) in [4.78, 5) is 14.6. The molecule has 2 atom stereocenters. The van der Waals surface area contributed by atoms with Crippen molar-refractivity contribution < 1.29 is 14.3 Å². The van der Waals surface area contributed by atoms with E-state index in [0.717, 1.165) is 29.7 Å². The lowest BCUT2D eigenvalue weighted by Crippen LogP contribution is -2.49. The number of alkyl halides is 1. The maximum Gasteiger partial charge on any atom is 0.245 e. The molecule has 0 bridgehead atoms. The molecule has 4 nitrogen and oxygen atoms in total. The molecule has 1 aromatic carbocycles. The molecule has 2 rings (SSSR count). The first-order valence-corrected chi connectivity index (χ1v) is 8.75. The smallest absolute Gasteiger partial charge is 0.245 e. The summed E-state index contributed by atoms with van der Waals surface area (Å²) in [5.74, 6) is -0.117. The Kier molecular flexibility index (Phi) is 6.45. The second-order valence-electron chi connectivity index (χ2n) is 5.81.